The molecule has 0 saturated carbocycles. The fourth-order valence-electron chi connectivity index (χ4n) is 2.73. The zero-order valence-electron chi connectivity index (χ0n) is 13.2. The van der Waals surface area contributed by atoms with Gasteiger partial charge in [0.05, 0.1) is 6.61 Å². The average Bonchev–Trinajstić information content (AvgIpc) is 2.55. The van der Waals surface area contributed by atoms with Crippen LogP contribution >= 0.6 is 0 Å². The molecule has 116 valence electrons. The quantitative estimate of drug-likeness (QED) is 0.674. The SMILES string of the molecule is CCOC(=O)CCC(Cc1ccccc1)Cc1ccccc1. The third-order valence-electron chi connectivity index (χ3n) is 3.80. The van der Waals surface area contributed by atoms with Crippen molar-refractivity contribution in [2.24, 2.45) is 5.92 Å². The maximum atomic E-state index is 11.6. The van der Waals surface area contributed by atoms with Crippen LogP contribution in [0.25, 0.3) is 0 Å². The highest BCUT2D eigenvalue weighted by Crippen LogP contribution is 2.20. The molecule has 0 aliphatic rings. The van der Waals surface area contributed by atoms with Crippen LogP contribution in [0.1, 0.15) is 30.9 Å². The molecule has 0 N–H and O–H groups in total. The van der Waals surface area contributed by atoms with Crippen LogP contribution in [0.5, 0.6) is 0 Å². The standard InChI is InChI=1S/C20H24O2/c1-2-22-20(21)14-13-19(15-17-9-5-3-6-10-17)16-18-11-7-4-8-12-18/h3-12,19H,2,13-16H2,1H3. The summed E-state index contributed by atoms with van der Waals surface area (Å²) >= 11 is 0. The number of carbonyl (C=O) groups excluding carboxylic acids is 1. The largest absolute Gasteiger partial charge is 0.466 e. The normalized spacial score (nSPS) is 10.6. The summed E-state index contributed by atoms with van der Waals surface area (Å²) in [6.45, 7) is 2.31. The zero-order valence-corrected chi connectivity index (χ0v) is 13.2. The third kappa shape index (κ3) is 5.72. The molecule has 0 aliphatic heterocycles. The third-order valence-corrected chi connectivity index (χ3v) is 3.80. The van der Waals surface area contributed by atoms with Crippen LogP contribution in [0.3, 0.4) is 0 Å². The van der Waals surface area contributed by atoms with E-state index in [0.29, 0.717) is 18.9 Å². The Kier molecular flexibility index (Phi) is 6.69. The van der Waals surface area contributed by atoms with Crippen molar-refractivity contribution in [2.75, 3.05) is 6.61 Å². The van der Waals surface area contributed by atoms with Gasteiger partial charge in [-0.3, -0.25) is 4.79 Å². The molecule has 0 aromatic heterocycles. The Morgan fingerprint density at radius 2 is 1.41 bits per heavy atom. The van der Waals surface area contributed by atoms with E-state index in [1.807, 2.05) is 19.1 Å². The van der Waals surface area contributed by atoms with Gasteiger partial charge in [0.2, 0.25) is 0 Å². The molecular formula is C20H24O2. The first-order chi connectivity index (χ1) is 10.8. The lowest BCUT2D eigenvalue weighted by atomic mass is 9.89. The summed E-state index contributed by atoms with van der Waals surface area (Å²) in [7, 11) is 0. The van der Waals surface area contributed by atoms with E-state index in [1.165, 1.54) is 11.1 Å². The Labute approximate surface area is 133 Å². The van der Waals surface area contributed by atoms with Crippen molar-refractivity contribution in [2.45, 2.75) is 32.6 Å². The van der Waals surface area contributed by atoms with Gasteiger partial charge in [0.15, 0.2) is 0 Å². The smallest absolute Gasteiger partial charge is 0.305 e. The molecule has 2 heteroatoms. The molecular weight excluding hydrogens is 272 g/mol. The van der Waals surface area contributed by atoms with E-state index in [9.17, 15) is 4.79 Å². The molecule has 0 bridgehead atoms. The van der Waals surface area contributed by atoms with Gasteiger partial charge in [-0.05, 0) is 43.2 Å². The van der Waals surface area contributed by atoms with Gasteiger partial charge in [-0.15, -0.1) is 0 Å². The van der Waals surface area contributed by atoms with Gasteiger partial charge in [-0.25, -0.2) is 0 Å². The molecule has 2 rings (SSSR count). The summed E-state index contributed by atoms with van der Waals surface area (Å²) in [6, 6.07) is 21.0. The molecule has 2 nitrogen and oxygen atoms in total. The summed E-state index contributed by atoms with van der Waals surface area (Å²) in [5.74, 6) is 0.364. The maximum absolute atomic E-state index is 11.6. The Balaban J connectivity index is 1.98. The molecule has 22 heavy (non-hydrogen) atoms. The minimum Gasteiger partial charge on any atom is -0.466 e. The topological polar surface area (TPSA) is 26.3 Å². The second-order valence-corrected chi connectivity index (χ2v) is 5.59. The average molecular weight is 296 g/mol. The predicted octanol–water partition coefficient (Wildman–Crippen LogP) is 4.43. The van der Waals surface area contributed by atoms with Crippen molar-refractivity contribution >= 4 is 5.97 Å². The zero-order chi connectivity index (χ0) is 15.6. The van der Waals surface area contributed by atoms with Crippen LogP contribution in [0.2, 0.25) is 0 Å². The predicted molar refractivity (Wildman–Crippen MR) is 89.6 cm³/mol. The molecule has 0 fully saturated rings. The maximum Gasteiger partial charge on any atom is 0.305 e. The number of ether oxygens (including phenoxy) is 1. The molecule has 0 spiro atoms. The van der Waals surface area contributed by atoms with Crippen LogP contribution in [-0.4, -0.2) is 12.6 Å². The Bertz CT molecular complexity index is 507. The summed E-state index contributed by atoms with van der Waals surface area (Å²) in [5, 5.41) is 0. The van der Waals surface area contributed by atoms with Crippen molar-refractivity contribution in [1.82, 2.24) is 0 Å². The molecule has 0 amide bonds. The highest BCUT2D eigenvalue weighted by atomic mass is 16.5. The molecule has 0 aliphatic carbocycles. The van der Waals surface area contributed by atoms with Gasteiger partial charge in [0.25, 0.3) is 0 Å². The first-order valence-electron chi connectivity index (χ1n) is 8.01. The van der Waals surface area contributed by atoms with Crippen molar-refractivity contribution in [3.05, 3.63) is 71.8 Å². The Hall–Kier alpha value is -2.09. The summed E-state index contributed by atoms with van der Waals surface area (Å²) in [4.78, 5) is 11.6. The van der Waals surface area contributed by atoms with Gasteiger partial charge in [0.1, 0.15) is 0 Å². The molecule has 0 atom stereocenters. The number of benzene rings is 2. The molecule has 2 aromatic rings. The Morgan fingerprint density at radius 3 is 1.86 bits per heavy atom. The van der Waals surface area contributed by atoms with Crippen molar-refractivity contribution in [1.29, 1.82) is 0 Å². The summed E-state index contributed by atoms with van der Waals surface area (Å²) < 4.78 is 5.05. The molecule has 0 unspecified atom stereocenters. The van der Waals surface area contributed by atoms with E-state index in [-0.39, 0.29) is 5.97 Å². The van der Waals surface area contributed by atoms with Gasteiger partial charge < -0.3 is 4.74 Å². The lowest BCUT2D eigenvalue weighted by molar-refractivity contribution is -0.143. The van der Waals surface area contributed by atoms with E-state index in [0.717, 1.165) is 19.3 Å². The lowest BCUT2D eigenvalue weighted by Gasteiger charge is -2.17. The highest BCUT2D eigenvalue weighted by Gasteiger charge is 2.13. The van der Waals surface area contributed by atoms with E-state index < -0.39 is 0 Å². The van der Waals surface area contributed by atoms with Crippen LogP contribution in [0.4, 0.5) is 0 Å². The van der Waals surface area contributed by atoms with Crippen LogP contribution in [-0.2, 0) is 22.4 Å². The second-order valence-electron chi connectivity index (χ2n) is 5.59. The van der Waals surface area contributed by atoms with Gasteiger partial charge in [0, 0.05) is 6.42 Å². The molecule has 0 saturated heterocycles. The van der Waals surface area contributed by atoms with Gasteiger partial charge >= 0.3 is 5.97 Å². The lowest BCUT2D eigenvalue weighted by Crippen LogP contribution is -2.12. The van der Waals surface area contributed by atoms with Crippen molar-refractivity contribution in [3.63, 3.8) is 0 Å². The van der Waals surface area contributed by atoms with E-state index >= 15 is 0 Å². The molecule has 0 radical (unpaired) electrons. The fourth-order valence-corrected chi connectivity index (χ4v) is 2.73. The Morgan fingerprint density at radius 1 is 0.909 bits per heavy atom. The van der Waals surface area contributed by atoms with Gasteiger partial charge in [-0.1, -0.05) is 60.7 Å². The number of rotatable bonds is 8. The number of carbonyl (C=O) groups is 1. The van der Waals surface area contributed by atoms with E-state index in [4.69, 9.17) is 4.74 Å². The van der Waals surface area contributed by atoms with Gasteiger partial charge in [-0.2, -0.15) is 0 Å². The monoisotopic (exact) mass is 296 g/mol. The highest BCUT2D eigenvalue weighted by molar-refractivity contribution is 5.69. The minimum absolute atomic E-state index is 0.0892. The first-order valence-corrected chi connectivity index (χ1v) is 8.01. The van der Waals surface area contributed by atoms with Crippen LogP contribution < -0.4 is 0 Å². The van der Waals surface area contributed by atoms with Crippen LogP contribution in [0, 0.1) is 5.92 Å². The minimum atomic E-state index is -0.0892. The second kappa shape index (κ2) is 9.04. The summed E-state index contributed by atoms with van der Waals surface area (Å²) in [5.41, 5.74) is 2.65. The number of hydrogen-bond acceptors (Lipinski definition) is 2. The summed E-state index contributed by atoms with van der Waals surface area (Å²) in [6.07, 6.45) is 3.35. The van der Waals surface area contributed by atoms with Crippen molar-refractivity contribution < 1.29 is 9.53 Å². The number of hydrogen-bond donors (Lipinski definition) is 0. The van der Waals surface area contributed by atoms with Crippen LogP contribution in [0.15, 0.2) is 60.7 Å². The fraction of sp³-hybridized carbons (Fsp3) is 0.350. The van der Waals surface area contributed by atoms with Crippen molar-refractivity contribution in [3.8, 4) is 0 Å². The molecule has 2 aromatic carbocycles. The van der Waals surface area contributed by atoms with E-state index in [1.54, 1.807) is 0 Å². The molecule has 0 heterocycles. The first kappa shape index (κ1) is 16.3. The van der Waals surface area contributed by atoms with E-state index in [2.05, 4.69) is 48.5 Å². The number of esters is 1.